The lowest BCUT2D eigenvalue weighted by atomic mass is 10.1. The minimum Gasteiger partial charge on any atom is -0.340 e. The molecule has 2 aliphatic heterocycles. The zero-order chi connectivity index (χ0) is 16.6. The molecular formula is C15H19N5O3. The molecule has 0 saturated carbocycles. The van der Waals surface area contributed by atoms with Crippen LogP contribution in [0.2, 0.25) is 0 Å². The molecule has 0 radical (unpaired) electrons. The number of aryl methyl sites for hydroxylation is 2. The number of likely N-dealkylation sites (tertiary alicyclic amines) is 1. The Morgan fingerprint density at radius 2 is 2.00 bits per heavy atom. The van der Waals surface area contributed by atoms with Crippen molar-refractivity contribution in [3.63, 3.8) is 0 Å². The topological polar surface area (TPSA) is 95.5 Å². The van der Waals surface area contributed by atoms with E-state index < -0.39 is 6.03 Å². The Hall–Kier alpha value is -2.51. The van der Waals surface area contributed by atoms with Crippen molar-refractivity contribution in [3.8, 4) is 0 Å². The van der Waals surface area contributed by atoms with Crippen LogP contribution in [0.15, 0.2) is 6.07 Å². The number of amides is 4. The van der Waals surface area contributed by atoms with Crippen LogP contribution in [0, 0.1) is 13.8 Å². The van der Waals surface area contributed by atoms with Crippen LogP contribution in [-0.4, -0.2) is 63.8 Å². The molecule has 2 saturated heterocycles. The van der Waals surface area contributed by atoms with Gasteiger partial charge in [-0.15, -0.1) is 0 Å². The molecule has 0 bridgehead atoms. The Bertz CT molecular complexity index is 639. The number of carbonyl (C=O) groups excluding carboxylic acids is 3. The summed E-state index contributed by atoms with van der Waals surface area (Å²) in [5.74, 6) is 0.271. The van der Waals surface area contributed by atoms with E-state index in [9.17, 15) is 14.4 Å². The van der Waals surface area contributed by atoms with E-state index in [0.717, 1.165) is 28.5 Å². The Morgan fingerprint density at radius 1 is 1.30 bits per heavy atom. The summed E-state index contributed by atoms with van der Waals surface area (Å²) in [4.78, 5) is 46.9. The third-order valence-corrected chi connectivity index (χ3v) is 4.14. The molecular weight excluding hydrogens is 298 g/mol. The van der Waals surface area contributed by atoms with Gasteiger partial charge in [0, 0.05) is 30.4 Å². The van der Waals surface area contributed by atoms with Gasteiger partial charge >= 0.3 is 6.03 Å². The average Bonchev–Trinajstić information content (AvgIpc) is 3.09. The van der Waals surface area contributed by atoms with Gasteiger partial charge in [-0.3, -0.25) is 14.5 Å². The van der Waals surface area contributed by atoms with Crippen molar-refractivity contribution in [2.24, 2.45) is 0 Å². The normalized spacial score (nSPS) is 21.0. The summed E-state index contributed by atoms with van der Waals surface area (Å²) in [6, 6.07) is 1.41. The Morgan fingerprint density at radius 3 is 2.61 bits per heavy atom. The molecule has 122 valence electrons. The minimum absolute atomic E-state index is 0.0366. The van der Waals surface area contributed by atoms with Crippen LogP contribution in [0.1, 0.15) is 29.6 Å². The van der Waals surface area contributed by atoms with E-state index in [4.69, 9.17) is 0 Å². The van der Waals surface area contributed by atoms with Gasteiger partial charge < -0.3 is 10.2 Å². The van der Waals surface area contributed by atoms with Crippen LogP contribution in [0.3, 0.4) is 0 Å². The SMILES string of the molecule is Cc1cc(C)nc([C@@H]2CCN(C(=O)CN3C(=O)CNC3=O)C2)n1. The molecule has 0 aromatic carbocycles. The monoisotopic (exact) mass is 317 g/mol. The highest BCUT2D eigenvalue weighted by molar-refractivity contribution is 6.04. The first-order valence-electron chi connectivity index (χ1n) is 7.62. The molecule has 8 nitrogen and oxygen atoms in total. The van der Waals surface area contributed by atoms with Crippen LogP contribution >= 0.6 is 0 Å². The van der Waals surface area contributed by atoms with Gasteiger partial charge in [-0.2, -0.15) is 0 Å². The fourth-order valence-electron chi connectivity index (χ4n) is 2.98. The molecule has 3 rings (SSSR count). The lowest BCUT2D eigenvalue weighted by molar-refractivity contribution is -0.135. The average molecular weight is 317 g/mol. The maximum Gasteiger partial charge on any atom is 0.325 e. The van der Waals surface area contributed by atoms with Gasteiger partial charge in [0.25, 0.3) is 5.91 Å². The second-order valence-electron chi connectivity index (χ2n) is 5.97. The van der Waals surface area contributed by atoms with E-state index in [0.29, 0.717) is 13.1 Å². The molecule has 1 aromatic rings. The van der Waals surface area contributed by atoms with Crippen molar-refractivity contribution in [1.82, 2.24) is 25.1 Å². The van der Waals surface area contributed by atoms with Gasteiger partial charge in [0.2, 0.25) is 5.91 Å². The lowest BCUT2D eigenvalue weighted by Gasteiger charge is -2.19. The number of nitrogens with one attached hydrogen (secondary N) is 1. The summed E-state index contributed by atoms with van der Waals surface area (Å²) in [6.07, 6.45) is 0.786. The number of hydrogen-bond donors (Lipinski definition) is 1. The summed E-state index contributed by atoms with van der Waals surface area (Å²) >= 11 is 0. The van der Waals surface area contributed by atoms with Gasteiger partial charge in [-0.25, -0.2) is 14.8 Å². The Kier molecular flexibility index (Phi) is 3.97. The molecule has 4 amide bonds. The van der Waals surface area contributed by atoms with Gasteiger partial charge in [0.1, 0.15) is 12.4 Å². The minimum atomic E-state index is -0.503. The number of urea groups is 1. The smallest absolute Gasteiger partial charge is 0.325 e. The Balaban J connectivity index is 1.64. The van der Waals surface area contributed by atoms with Crippen molar-refractivity contribution >= 4 is 17.8 Å². The van der Waals surface area contributed by atoms with Crippen molar-refractivity contribution in [1.29, 1.82) is 0 Å². The van der Waals surface area contributed by atoms with Gasteiger partial charge in [-0.1, -0.05) is 0 Å². The number of hydrogen-bond acceptors (Lipinski definition) is 5. The fourth-order valence-corrected chi connectivity index (χ4v) is 2.98. The Labute approximate surface area is 133 Å². The molecule has 0 aliphatic carbocycles. The van der Waals surface area contributed by atoms with Crippen LogP contribution in [0.5, 0.6) is 0 Å². The van der Waals surface area contributed by atoms with E-state index in [2.05, 4.69) is 15.3 Å². The molecule has 3 heterocycles. The summed E-state index contributed by atoms with van der Waals surface area (Å²) in [5.41, 5.74) is 1.83. The molecule has 8 heteroatoms. The zero-order valence-corrected chi connectivity index (χ0v) is 13.2. The predicted octanol–water partition coefficient (Wildman–Crippen LogP) is -0.0389. The zero-order valence-electron chi connectivity index (χ0n) is 13.2. The van der Waals surface area contributed by atoms with E-state index in [-0.39, 0.29) is 30.8 Å². The number of nitrogens with zero attached hydrogens (tertiary/aromatic N) is 4. The molecule has 23 heavy (non-hydrogen) atoms. The van der Waals surface area contributed by atoms with Gasteiger partial charge in [0.15, 0.2) is 0 Å². The van der Waals surface area contributed by atoms with Gasteiger partial charge in [-0.05, 0) is 26.3 Å². The predicted molar refractivity (Wildman–Crippen MR) is 80.6 cm³/mol. The van der Waals surface area contributed by atoms with E-state index in [1.165, 1.54) is 0 Å². The van der Waals surface area contributed by atoms with Crippen molar-refractivity contribution in [2.45, 2.75) is 26.2 Å². The molecule has 0 unspecified atom stereocenters. The number of aromatic nitrogens is 2. The van der Waals surface area contributed by atoms with Crippen LogP contribution in [0.25, 0.3) is 0 Å². The van der Waals surface area contributed by atoms with Crippen LogP contribution < -0.4 is 5.32 Å². The van der Waals surface area contributed by atoms with Gasteiger partial charge in [0.05, 0.1) is 6.54 Å². The lowest BCUT2D eigenvalue weighted by Crippen LogP contribution is -2.42. The van der Waals surface area contributed by atoms with Crippen molar-refractivity contribution in [2.75, 3.05) is 26.2 Å². The first-order valence-corrected chi connectivity index (χ1v) is 7.62. The van der Waals surface area contributed by atoms with Crippen molar-refractivity contribution in [3.05, 3.63) is 23.3 Å². The van der Waals surface area contributed by atoms with Crippen LogP contribution in [0.4, 0.5) is 4.79 Å². The first-order chi connectivity index (χ1) is 10.9. The molecule has 2 fully saturated rings. The maximum atomic E-state index is 12.3. The molecule has 1 atom stereocenters. The number of imide groups is 1. The highest BCUT2D eigenvalue weighted by Gasteiger charge is 2.34. The summed E-state index contributed by atoms with van der Waals surface area (Å²) in [7, 11) is 0. The molecule has 1 N–H and O–H groups in total. The highest BCUT2D eigenvalue weighted by Crippen LogP contribution is 2.25. The third-order valence-electron chi connectivity index (χ3n) is 4.14. The van der Waals surface area contributed by atoms with Crippen LogP contribution in [-0.2, 0) is 9.59 Å². The second-order valence-corrected chi connectivity index (χ2v) is 5.97. The molecule has 0 spiro atoms. The summed E-state index contributed by atoms with van der Waals surface area (Å²) in [5, 5.41) is 2.41. The molecule has 2 aliphatic rings. The molecule has 1 aromatic heterocycles. The summed E-state index contributed by atoms with van der Waals surface area (Å²) in [6.45, 7) is 4.71. The van der Waals surface area contributed by atoms with E-state index in [1.54, 1.807) is 4.90 Å². The quantitative estimate of drug-likeness (QED) is 0.789. The standard InChI is InChI=1S/C15H19N5O3/c1-9-5-10(2)18-14(17-9)11-3-4-19(7-11)13(22)8-20-12(21)6-16-15(20)23/h5,11H,3-4,6-8H2,1-2H3,(H,16,23)/t11-/m1/s1. The third kappa shape index (κ3) is 3.15. The van der Waals surface area contributed by atoms with E-state index in [1.807, 2.05) is 19.9 Å². The van der Waals surface area contributed by atoms with E-state index >= 15 is 0 Å². The fraction of sp³-hybridized carbons (Fsp3) is 0.533. The second kappa shape index (κ2) is 5.94. The highest BCUT2D eigenvalue weighted by atomic mass is 16.2. The summed E-state index contributed by atoms with van der Waals surface area (Å²) < 4.78 is 0. The number of carbonyl (C=O) groups is 3. The van der Waals surface area contributed by atoms with Crippen molar-refractivity contribution < 1.29 is 14.4 Å². The maximum absolute atomic E-state index is 12.3. The first kappa shape index (κ1) is 15.4. The largest absolute Gasteiger partial charge is 0.340 e. The number of rotatable bonds is 3.